The molecule has 1 heterocycles. The SMILES string of the molecule is CN1CCN(CCCc2ccc(F)c(F)c2)CC1. The van der Waals surface area contributed by atoms with Gasteiger partial charge in [0.2, 0.25) is 0 Å². The van der Waals surface area contributed by atoms with Gasteiger partial charge in [-0.25, -0.2) is 8.78 Å². The van der Waals surface area contributed by atoms with E-state index in [0.29, 0.717) is 0 Å². The van der Waals surface area contributed by atoms with Crippen molar-refractivity contribution >= 4 is 0 Å². The Kier molecular flexibility index (Phi) is 4.66. The Morgan fingerprint density at radius 1 is 1.06 bits per heavy atom. The summed E-state index contributed by atoms with van der Waals surface area (Å²) >= 11 is 0. The standard InChI is InChI=1S/C14H20F2N2/c1-17-7-9-18(10-8-17)6-2-3-12-4-5-13(15)14(16)11-12/h4-5,11H,2-3,6-10H2,1H3. The molecule has 0 N–H and O–H groups in total. The first-order valence-corrected chi connectivity index (χ1v) is 6.50. The topological polar surface area (TPSA) is 6.48 Å². The minimum atomic E-state index is -0.766. The summed E-state index contributed by atoms with van der Waals surface area (Å²) in [6, 6.07) is 4.18. The zero-order valence-electron chi connectivity index (χ0n) is 10.8. The van der Waals surface area contributed by atoms with E-state index in [-0.39, 0.29) is 0 Å². The lowest BCUT2D eigenvalue weighted by Crippen LogP contribution is -2.44. The Labute approximate surface area is 107 Å². The molecule has 0 saturated carbocycles. The highest BCUT2D eigenvalue weighted by Gasteiger charge is 2.12. The maximum Gasteiger partial charge on any atom is 0.159 e. The molecule has 1 aliphatic heterocycles. The van der Waals surface area contributed by atoms with Crippen molar-refractivity contribution in [1.29, 1.82) is 0 Å². The molecule has 1 aliphatic rings. The zero-order valence-corrected chi connectivity index (χ0v) is 10.8. The smallest absolute Gasteiger partial charge is 0.159 e. The number of hydrogen-bond acceptors (Lipinski definition) is 2. The van der Waals surface area contributed by atoms with Crippen molar-refractivity contribution in [1.82, 2.24) is 9.80 Å². The molecule has 18 heavy (non-hydrogen) atoms. The molecule has 0 unspecified atom stereocenters. The molecular weight excluding hydrogens is 234 g/mol. The van der Waals surface area contributed by atoms with Crippen molar-refractivity contribution in [3.63, 3.8) is 0 Å². The van der Waals surface area contributed by atoms with Gasteiger partial charge in [0.15, 0.2) is 11.6 Å². The van der Waals surface area contributed by atoms with Crippen LogP contribution in [0.2, 0.25) is 0 Å². The van der Waals surface area contributed by atoms with Gasteiger partial charge in [-0.2, -0.15) is 0 Å². The molecule has 1 aromatic rings. The average molecular weight is 254 g/mol. The third-order valence-corrected chi connectivity index (χ3v) is 3.52. The van der Waals surface area contributed by atoms with E-state index in [4.69, 9.17) is 0 Å². The van der Waals surface area contributed by atoms with E-state index < -0.39 is 11.6 Å². The number of likely N-dealkylation sites (N-methyl/N-ethyl adjacent to an activating group) is 1. The minimum Gasteiger partial charge on any atom is -0.304 e. The average Bonchev–Trinajstić information content (AvgIpc) is 2.36. The van der Waals surface area contributed by atoms with Gasteiger partial charge in [0.1, 0.15) is 0 Å². The second kappa shape index (κ2) is 6.25. The van der Waals surface area contributed by atoms with E-state index in [1.54, 1.807) is 6.07 Å². The monoisotopic (exact) mass is 254 g/mol. The summed E-state index contributed by atoms with van der Waals surface area (Å²) in [7, 11) is 2.14. The molecule has 1 fully saturated rings. The van der Waals surface area contributed by atoms with Crippen LogP contribution in [0.5, 0.6) is 0 Å². The van der Waals surface area contributed by atoms with Gasteiger partial charge in [0.05, 0.1) is 0 Å². The van der Waals surface area contributed by atoms with E-state index in [1.807, 2.05) is 0 Å². The van der Waals surface area contributed by atoms with Gasteiger partial charge in [-0.15, -0.1) is 0 Å². The largest absolute Gasteiger partial charge is 0.304 e. The third kappa shape index (κ3) is 3.75. The van der Waals surface area contributed by atoms with E-state index in [0.717, 1.165) is 51.1 Å². The van der Waals surface area contributed by atoms with Crippen LogP contribution in [0.1, 0.15) is 12.0 Å². The Morgan fingerprint density at radius 3 is 2.44 bits per heavy atom. The van der Waals surface area contributed by atoms with Gasteiger partial charge in [0, 0.05) is 26.2 Å². The van der Waals surface area contributed by atoms with Crippen LogP contribution in [0.15, 0.2) is 18.2 Å². The number of piperazine rings is 1. The second-order valence-corrected chi connectivity index (χ2v) is 5.00. The number of halogens is 2. The predicted molar refractivity (Wildman–Crippen MR) is 68.6 cm³/mol. The molecule has 0 aromatic heterocycles. The molecule has 0 atom stereocenters. The number of benzene rings is 1. The van der Waals surface area contributed by atoms with Crippen LogP contribution in [0.4, 0.5) is 8.78 Å². The van der Waals surface area contributed by atoms with Crippen LogP contribution in [0.3, 0.4) is 0 Å². The molecule has 4 heteroatoms. The second-order valence-electron chi connectivity index (χ2n) is 5.00. The molecule has 0 amide bonds. The quantitative estimate of drug-likeness (QED) is 0.812. The first-order chi connectivity index (χ1) is 8.65. The molecule has 0 radical (unpaired) electrons. The van der Waals surface area contributed by atoms with Crippen LogP contribution in [-0.2, 0) is 6.42 Å². The Hall–Kier alpha value is -1.00. The summed E-state index contributed by atoms with van der Waals surface area (Å²) in [4.78, 5) is 4.76. The Morgan fingerprint density at radius 2 is 1.78 bits per heavy atom. The molecule has 2 rings (SSSR count). The lowest BCUT2D eigenvalue weighted by atomic mass is 10.1. The Bertz CT molecular complexity index is 387. The van der Waals surface area contributed by atoms with E-state index >= 15 is 0 Å². The third-order valence-electron chi connectivity index (χ3n) is 3.52. The van der Waals surface area contributed by atoms with Crippen LogP contribution < -0.4 is 0 Å². The fourth-order valence-corrected chi connectivity index (χ4v) is 2.27. The molecule has 100 valence electrons. The molecule has 0 aliphatic carbocycles. The fraction of sp³-hybridized carbons (Fsp3) is 0.571. The van der Waals surface area contributed by atoms with Crippen molar-refractivity contribution in [3.05, 3.63) is 35.4 Å². The number of nitrogens with zero attached hydrogens (tertiary/aromatic N) is 2. The van der Waals surface area contributed by atoms with Gasteiger partial charge in [-0.05, 0) is 44.1 Å². The summed E-state index contributed by atoms with van der Waals surface area (Å²) in [5, 5.41) is 0. The van der Waals surface area contributed by atoms with Crippen LogP contribution in [0.25, 0.3) is 0 Å². The molecule has 2 nitrogen and oxygen atoms in total. The fourth-order valence-electron chi connectivity index (χ4n) is 2.27. The van der Waals surface area contributed by atoms with Crippen molar-refractivity contribution in [2.45, 2.75) is 12.8 Å². The van der Waals surface area contributed by atoms with Crippen molar-refractivity contribution in [2.24, 2.45) is 0 Å². The molecule has 0 bridgehead atoms. The number of rotatable bonds is 4. The van der Waals surface area contributed by atoms with Gasteiger partial charge >= 0.3 is 0 Å². The summed E-state index contributed by atoms with van der Waals surface area (Å²) in [5.74, 6) is -1.51. The van der Waals surface area contributed by atoms with E-state index in [9.17, 15) is 8.78 Å². The van der Waals surface area contributed by atoms with Crippen molar-refractivity contribution in [2.75, 3.05) is 39.8 Å². The predicted octanol–water partition coefficient (Wildman–Crippen LogP) is 2.14. The highest BCUT2D eigenvalue weighted by atomic mass is 19.2. The van der Waals surface area contributed by atoms with E-state index in [2.05, 4.69) is 16.8 Å². The van der Waals surface area contributed by atoms with Crippen LogP contribution >= 0.6 is 0 Å². The number of hydrogen-bond donors (Lipinski definition) is 0. The van der Waals surface area contributed by atoms with Crippen molar-refractivity contribution < 1.29 is 8.78 Å². The summed E-state index contributed by atoms with van der Waals surface area (Å²) < 4.78 is 25.8. The normalized spacial score (nSPS) is 18.2. The molecule has 0 spiro atoms. The Balaban J connectivity index is 1.73. The molecule has 1 saturated heterocycles. The maximum absolute atomic E-state index is 13.0. The van der Waals surface area contributed by atoms with Gasteiger partial charge in [-0.1, -0.05) is 6.07 Å². The van der Waals surface area contributed by atoms with Gasteiger partial charge in [0.25, 0.3) is 0 Å². The summed E-state index contributed by atoms with van der Waals surface area (Å²) in [6.07, 6.45) is 1.80. The highest BCUT2D eigenvalue weighted by molar-refractivity contribution is 5.17. The van der Waals surface area contributed by atoms with Crippen LogP contribution in [-0.4, -0.2) is 49.6 Å². The lowest BCUT2D eigenvalue weighted by molar-refractivity contribution is 0.153. The zero-order chi connectivity index (χ0) is 13.0. The first-order valence-electron chi connectivity index (χ1n) is 6.50. The first kappa shape index (κ1) is 13.4. The van der Waals surface area contributed by atoms with Gasteiger partial charge < -0.3 is 9.80 Å². The maximum atomic E-state index is 13.0. The molecule has 1 aromatic carbocycles. The summed E-state index contributed by atoms with van der Waals surface area (Å²) in [6.45, 7) is 5.48. The lowest BCUT2D eigenvalue weighted by Gasteiger charge is -2.32. The number of aryl methyl sites for hydroxylation is 1. The highest BCUT2D eigenvalue weighted by Crippen LogP contribution is 2.11. The van der Waals surface area contributed by atoms with Gasteiger partial charge in [-0.3, -0.25) is 0 Å². The van der Waals surface area contributed by atoms with Crippen LogP contribution in [0, 0.1) is 11.6 Å². The summed E-state index contributed by atoms with van der Waals surface area (Å²) in [5.41, 5.74) is 0.878. The van der Waals surface area contributed by atoms with E-state index in [1.165, 1.54) is 12.1 Å². The minimum absolute atomic E-state index is 0.743. The molecular formula is C14H20F2N2. The van der Waals surface area contributed by atoms with Crippen molar-refractivity contribution in [3.8, 4) is 0 Å².